The van der Waals surface area contributed by atoms with E-state index in [1.165, 1.54) is 6.92 Å². The highest BCUT2D eigenvalue weighted by atomic mass is 79.9. The Morgan fingerprint density at radius 3 is 2.21 bits per heavy atom. The molecule has 0 aliphatic heterocycles. The van der Waals surface area contributed by atoms with Crippen LogP contribution in [0.1, 0.15) is 73.1 Å². The van der Waals surface area contributed by atoms with E-state index in [0.717, 1.165) is 19.3 Å². The maximum absolute atomic E-state index is 12.0. The Bertz CT molecular complexity index is 372. The zero-order valence-corrected chi connectivity index (χ0v) is 17.2. The van der Waals surface area contributed by atoms with Crippen molar-refractivity contribution >= 4 is 27.9 Å². The molecule has 0 fully saturated rings. The van der Waals surface area contributed by atoms with E-state index in [-0.39, 0.29) is 34.9 Å². The molecule has 0 aromatic heterocycles. The fourth-order valence-corrected chi connectivity index (χ4v) is 3.18. The molecule has 142 valence electrons. The standard InChI is InChI=1S/C18H33BrO5/c1-6-7-8-17(24-15(5)20)11-16(21)10-14(4)23-18(22)12(2)9-13(3)19/h12-14,16-17,21H,6-11H2,1-5H3. The van der Waals surface area contributed by atoms with Crippen molar-refractivity contribution in [1.29, 1.82) is 0 Å². The van der Waals surface area contributed by atoms with Crippen molar-refractivity contribution in [3.63, 3.8) is 0 Å². The molecule has 0 rings (SSSR count). The predicted molar refractivity (Wildman–Crippen MR) is 98.0 cm³/mol. The number of esters is 2. The number of unbranched alkanes of at least 4 members (excludes halogenated alkanes) is 1. The maximum atomic E-state index is 12.0. The number of ether oxygens (including phenoxy) is 2. The topological polar surface area (TPSA) is 72.8 Å². The molecule has 0 radical (unpaired) electrons. The van der Waals surface area contributed by atoms with Crippen LogP contribution in [0, 0.1) is 5.92 Å². The number of carbonyl (C=O) groups is 2. The minimum absolute atomic E-state index is 0.183. The Balaban J connectivity index is 4.32. The third kappa shape index (κ3) is 11.8. The monoisotopic (exact) mass is 408 g/mol. The fraction of sp³-hybridized carbons (Fsp3) is 0.889. The van der Waals surface area contributed by atoms with Crippen LogP contribution in [0.3, 0.4) is 0 Å². The van der Waals surface area contributed by atoms with Gasteiger partial charge >= 0.3 is 11.9 Å². The van der Waals surface area contributed by atoms with Gasteiger partial charge in [0, 0.05) is 24.6 Å². The molecule has 6 heteroatoms. The lowest BCUT2D eigenvalue weighted by Gasteiger charge is -2.23. The molecule has 24 heavy (non-hydrogen) atoms. The smallest absolute Gasteiger partial charge is 0.308 e. The molecule has 0 aromatic rings. The SMILES string of the molecule is CCCCC(CC(O)CC(C)OC(=O)C(C)CC(C)Br)OC(C)=O. The third-order valence-electron chi connectivity index (χ3n) is 3.75. The number of halogens is 1. The van der Waals surface area contributed by atoms with E-state index in [0.29, 0.717) is 19.3 Å². The lowest BCUT2D eigenvalue weighted by atomic mass is 10.0. The van der Waals surface area contributed by atoms with E-state index >= 15 is 0 Å². The summed E-state index contributed by atoms with van der Waals surface area (Å²) in [5, 5.41) is 10.2. The molecular weight excluding hydrogens is 376 g/mol. The molecule has 0 aliphatic rings. The summed E-state index contributed by atoms with van der Waals surface area (Å²) in [4.78, 5) is 23.4. The van der Waals surface area contributed by atoms with Crippen molar-refractivity contribution in [2.24, 2.45) is 5.92 Å². The van der Waals surface area contributed by atoms with Crippen LogP contribution >= 0.6 is 15.9 Å². The Kier molecular flexibility index (Phi) is 12.4. The summed E-state index contributed by atoms with van der Waals surface area (Å²) in [6.07, 6.45) is 2.78. The zero-order valence-electron chi connectivity index (χ0n) is 15.6. The molecule has 5 unspecified atom stereocenters. The summed E-state index contributed by atoms with van der Waals surface area (Å²) >= 11 is 3.43. The zero-order chi connectivity index (χ0) is 18.7. The first-order chi connectivity index (χ1) is 11.1. The van der Waals surface area contributed by atoms with Crippen molar-refractivity contribution in [3.8, 4) is 0 Å². The maximum Gasteiger partial charge on any atom is 0.308 e. The van der Waals surface area contributed by atoms with Gasteiger partial charge in [-0.05, 0) is 19.8 Å². The molecule has 5 nitrogen and oxygen atoms in total. The number of carbonyl (C=O) groups excluding carboxylic acids is 2. The van der Waals surface area contributed by atoms with Gasteiger partial charge < -0.3 is 14.6 Å². The van der Waals surface area contributed by atoms with E-state index in [4.69, 9.17) is 9.47 Å². The number of aliphatic hydroxyl groups is 1. The molecule has 0 saturated carbocycles. The molecule has 1 N–H and O–H groups in total. The molecule has 0 spiro atoms. The summed E-state index contributed by atoms with van der Waals surface area (Å²) in [5.74, 6) is -0.763. The van der Waals surface area contributed by atoms with Crippen molar-refractivity contribution in [1.82, 2.24) is 0 Å². The van der Waals surface area contributed by atoms with E-state index in [9.17, 15) is 14.7 Å². The second kappa shape index (κ2) is 12.7. The van der Waals surface area contributed by atoms with Crippen LogP contribution < -0.4 is 0 Å². The van der Waals surface area contributed by atoms with Crippen LogP contribution in [0.15, 0.2) is 0 Å². The molecule has 0 aliphatic carbocycles. The van der Waals surface area contributed by atoms with Gasteiger partial charge in [0.25, 0.3) is 0 Å². The second-order valence-electron chi connectivity index (χ2n) is 6.66. The van der Waals surface area contributed by atoms with Crippen LogP contribution in [0.4, 0.5) is 0 Å². The fourth-order valence-electron chi connectivity index (χ4n) is 2.62. The van der Waals surface area contributed by atoms with Gasteiger partial charge in [-0.3, -0.25) is 9.59 Å². The van der Waals surface area contributed by atoms with E-state index < -0.39 is 6.10 Å². The van der Waals surface area contributed by atoms with Crippen LogP contribution in [-0.4, -0.2) is 40.2 Å². The normalized spacial score (nSPS) is 17.5. The number of aliphatic hydroxyl groups excluding tert-OH is 1. The van der Waals surface area contributed by atoms with Crippen molar-refractivity contribution < 1.29 is 24.2 Å². The lowest BCUT2D eigenvalue weighted by Crippen LogP contribution is -2.28. The average Bonchev–Trinajstić information content (AvgIpc) is 2.42. The predicted octanol–water partition coefficient (Wildman–Crippen LogP) is 3.99. The lowest BCUT2D eigenvalue weighted by molar-refractivity contribution is -0.154. The first-order valence-corrected chi connectivity index (χ1v) is 9.77. The van der Waals surface area contributed by atoms with Crippen LogP contribution in [0.2, 0.25) is 0 Å². The van der Waals surface area contributed by atoms with Gasteiger partial charge in [-0.15, -0.1) is 0 Å². The van der Waals surface area contributed by atoms with Crippen molar-refractivity contribution in [2.75, 3.05) is 0 Å². The average molecular weight is 409 g/mol. The van der Waals surface area contributed by atoms with Crippen LogP contribution in [0.5, 0.6) is 0 Å². The van der Waals surface area contributed by atoms with Gasteiger partial charge in [0.1, 0.15) is 12.2 Å². The summed E-state index contributed by atoms with van der Waals surface area (Å²) in [6.45, 7) is 9.05. The highest BCUT2D eigenvalue weighted by Gasteiger charge is 2.23. The van der Waals surface area contributed by atoms with Crippen molar-refractivity contribution in [3.05, 3.63) is 0 Å². The largest absolute Gasteiger partial charge is 0.462 e. The summed E-state index contributed by atoms with van der Waals surface area (Å²) in [7, 11) is 0. The Labute approximate surface area is 154 Å². The minimum atomic E-state index is -0.667. The van der Waals surface area contributed by atoms with Gasteiger partial charge in [0.15, 0.2) is 0 Å². The summed E-state index contributed by atoms with van der Waals surface area (Å²) < 4.78 is 10.7. The molecule has 0 bridgehead atoms. The van der Waals surface area contributed by atoms with Gasteiger partial charge in [-0.25, -0.2) is 0 Å². The van der Waals surface area contributed by atoms with Crippen molar-refractivity contribution in [2.45, 2.75) is 96.3 Å². The van der Waals surface area contributed by atoms with E-state index in [1.54, 1.807) is 6.92 Å². The first kappa shape index (κ1) is 23.4. The van der Waals surface area contributed by atoms with Gasteiger partial charge in [0.05, 0.1) is 12.0 Å². The minimum Gasteiger partial charge on any atom is -0.462 e. The number of hydrogen-bond donors (Lipinski definition) is 1. The molecule has 0 amide bonds. The van der Waals surface area contributed by atoms with Crippen LogP contribution in [-0.2, 0) is 19.1 Å². The Morgan fingerprint density at radius 2 is 1.71 bits per heavy atom. The quantitative estimate of drug-likeness (QED) is 0.390. The van der Waals surface area contributed by atoms with E-state index in [2.05, 4.69) is 22.9 Å². The number of rotatable bonds is 12. The van der Waals surface area contributed by atoms with Crippen LogP contribution in [0.25, 0.3) is 0 Å². The Hall–Kier alpha value is -0.620. The van der Waals surface area contributed by atoms with Gasteiger partial charge in [0.2, 0.25) is 0 Å². The molecule has 0 heterocycles. The van der Waals surface area contributed by atoms with Gasteiger partial charge in [-0.1, -0.05) is 49.5 Å². The molecule has 0 aromatic carbocycles. The molecular formula is C18H33BrO5. The highest BCUT2D eigenvalue weighted by Crippen LogP contribution is 2.18. The summed E-state index contributed by atoms with van der Waals surface area (Å²) in [5.41, 5.74) is 0. The highest BCUT2D eigenvalue weighted by molar-refractivity contribution is 9.09. The first-order valence-electron chi connectivity index (χ1n) is 8.85. The van der Waals surface area contributed by atoms with Gasteiger partial charge in [-0.2, -0.15) is 0 Å². The summed E-state index contributed by atoms with van der Waals surface area (Å²) in [6, 6.07) is 0. The number of hydrogen-bond acceptors (Lipinski definition) is 5. The van der Waals surface area contributed by atoms with E-state index in [1.807, 2.05) is 13.8 Å². The second-order valence-corrected chi connectivity index (χ2v) is 8.23. The third-order valence-corrected chi connectivity index (χ3v) is 4.12. The Morgan fingerprint density at radius 1 is 1.08 bits per heavy atom. The number of alkyl halides is 1. The molecule has 0 saturated heterocycles. The molecule has 5 atom stereocenters.